The van der Waals surface area contributed by atoms with E-state index in [0.717, 1.165) is 33.9 Å². The van der Waals surface area contributed by atoms with Gasteiger partial charge in [-0.3, -0.25) is 0 Å². The minimum absolute atomic E-state index is 1.06. The summed E-state index contributed by atoms with van der Waals surface area (Å²) in [5.74, 6) is 0. The first-order chi connectivity index (χ1) is 18.7. The van der Waals surface area contributed by atoms with E-state index in [9.17, 15) is 0 Å². The van der Waals surface area contributed by atoms with Crippen LogP contribution in [0.3, 0.4) is 0 Å². The fourth-order valence-electron chi connectivity index (χ4n) is 4.66. The zero-order chi connectivity index (χ0) is 27.8. The molecule has 0 amide bonds. The second-order valence-electron chi connectivity index (χ2n) is 10.5. The van der Waals surface area contributed by atoms with Crippen LogP contribution in [-0.4, -0.2) is 5.71 Å². The standard InChI is InChI=1S/C37H38N2/c1-26-12-16-32(17-13-26)36(38-34-22-28(3)20-29(4)23-34)10-8-7-9-11-37(33-18-14-27(2)15-19-33)39-35-24-30(5)21-31(6)25-35/h7-25,38H,1-6H3/p+1/b8-7+,11-9+,36-10-,39-37?. The van der Waals surface area contributed by atoms with Gasteiger partial charge in [-0.15, -0.1) is 0 Å². The predicted octanol–water partition coefficient (Wildman–Crippen LogP) is 8.00. The molecular weight excluding hydrogens is 472 g/mol. The van der Waals surface area contributed by atoms with Crippen molar-refractivity contribution >= 4 is 22.8 Å². The number of benzene rings is 4. The molecule has 2 nitrogen and oxygen atoms in total. The minimum atomic E-state index is 1.06. The Labute approximate surface area is 234 Å². The largest absolute Gasteiger partial charge is 0.355 e. The highest BCUT2D eigenvalue weighted by molar-refractivity contribution is 6.05. The van der Waals surface area contributed by atoms with Crippen LogP contribution in [0.4, 0.5) is 11.4 Å². The number of aryl methyl sites for hydroxylation is 6. The average molecular weight is 512 g/mol. The summed E-state index contributed by atoms with van der Waals surface area (Å²) in [6, 6.07) is 30.4. The van der Waals surface area contributed by atoms with Gasteiger partial charge >= 0.3 is 0 Å². The highest BCUT2D eigenvalue weighted by Crippen LogP contribution is 2.22. The first-order valence-electron chi connectivity index (χ1n) is 13.5. The molecule has 0 saturated heterocycles. The van der Waals surface area contributed by atoms with E-state index in [1.807, 2.05) is 0 Å². The van der Waals surface area contributed by atoms with Gasteiger partial charge < -0.3 is 5.32 Å². The maximum Gasteiger partial charge on any atom is 0.211 e. The molecule has 0 aliphatic heterocycles. The van der Waals surface area contributed by atoms with E-state index in [1.165, 1.54) is 33.4 Å². The van der Waals surface area contributed by atoms with Gasteiger partial charge in [0, 0.05) is 35.2 Å². The lowest BCUT2D eigenvalue weighted by Gasteiger charge is -2.13. The van der Waals surface area contributed by atoms with Gasteiger partial charge in [0.15, 0.2) is 0 Å². The number of allylic oxidation sites excluding steroid dienone is 5. The minimum Gasteiger partial charge on any atom is -0.355 e. The number of rotatable bonds is 8. The van der Waals surface area contributed by atoms with Crippen LogP contribution in [0.5, 0.6) is 0 Å². The number of anilines is 1. The summed E-state index contributed by atoms with van der Waals surface area (Å²) in [5.41, 5.74) is 14.1. The van der Waals surface area contributed by atoms with E-state index < -0.39 is 0 Å². The first-order valence-corrected chi connectivity index (χ1v) is 13.5. The fraction of sp³-hybridized carbons (Fsp3) is 0.162. The van der Waals surface area contributed by atoms with Crippen LogP contribution < -0.4 is 10.3 Å². The molecule has 0 fully saturated rings. The molecule has 0 bridgehead atoms. The molecule has 0 aliphatic rings. The molecule has 4 aromatic carbocycles. The zero-order valence-corrected chi connectivity index (χ0v) is 24.0. The maximum atomic E-state index is 3.64. The second kappa shape index (κ2) is 12.9. The van der Waals surface area contributed by atoms with Gasteiger partial charge in [0.05, 0.1) is 0 Å². The summed E-state index contributed by atoms with van der Waals surface area (Å²) in [5, 5.41) is 3.64. The van der Waals surface area contributed by atoms with E-state index in [2.05, 4.69) is 167 Å². The van der Waals surface area contributed by atoms with Gasteiger partial charge in [-0.2, -0.15) is 0 Å². The van der Waals surface area contributed by atoms with E-state index in [-0.39, 0.29) is 0 Å². The molecule has 39 heavy (non-hydrogen) atoms. The summed E-state index contributed by atoms with van der Waals surface area (Å²) >= 11 is 0. The summed E-state index contributed by atoms with van der Waals surface area (Å²) in [6.45, 7) is 12.8. The highest BCUT2D eigenvalue weighted by atomic mass is 14.9. The molecule has 0 aliphatic carbocycles. The zero-order valence-electron chi connectivity index (χ0n) is 24.0. The number of hydrogen-bond donors (Lipinski definition) is 2. The maximum absolute atomic E-state index is 3.64. The van der Waals surface area contributed by atoms with Crippen LogP contribution >= 0.6 is 0 Å². The topological polar surface area (TPSA) is 26.0 Å². The molecule has 0 saturated carbocycles. The summed E-state index contributed by atoms with van der Waals surface area (Å²) in [4.78, 5) is 3.64. The molecule has 0 spiro atoms. The number of nitrogens with one attached hydrogen (secondary N) is 2. The van der Waals surface area contributed by atoms with Gasteiger partial charge in [-0.1, -0.05) is 77.9 Å². The molecule has 0 heterocycles. The third-order valence-corrected chi connectivity index (χ3v) is 6.47. The Kier molecular flexibility index (Phi) is 9.12. The van der Waals surface area contributed by atoms with Crippen molar-refractivity contribution in [3.05, 3.63) is 160 Å². The normalized spacial score (nSPS) is 12.5. The van der Waals surface area contributed by atoms with Crippen LogP contribution in [0.15, 0.2) is 115 Å². The fourth-order valence-corrected chi connectivity index (χ4v) is 4.66. The molecule has 0 radical (unpaired) electrons. The lowest BCUT2D eigenvalue weighted by molar-refractivity contribution is -0.351. The Morgan fingerprint density at radius 3 is 1.62 bits per heavy atom. The van der Waals surface area contributed by atoms with Gasteiger partial charge in [-0.25, -0.2) is 4.99 Å². The molecule has 196 valence electrons. The Morgan fingerprint density at radius 2 is 1.05 bits per heavy atom. The third-order valence-electron chi connectivity index (χ3n) is 6.47. The molecular formula is C37H39N2+. The van der Waals surface area contributed by atoms with Crippen molar-refractivity contribution in [1.82, 2.24) is 0 Å². The van der Waals surface area contributed by atoms with Crippen molar-refractivity contribution in [1.29, 1.82) is 0 Å². The third kappa shape index (κ3) is 8.28. The van der Waals surface area contributed by atoms with Crippen LogP contribution in [0.25, 0.3) is 5.70 Å². The highest BCUT2D eigenvalue weighted by Gasteiger charge is 2.08. The first kappa shape index (κ1) is 27.6. The number of hydrogen-bond acceptors (Lipinski definition) is 1. The summed E-state index contributed by atoms with van der Waals surface area (Å²) in [7, 11) is 0. The van der Waals surface area contributed by atoms with E-state index in [4.69, 9.17) is 0 Å². The molecule has 4 rings (SSSR count). The van der Waals surface area contributed by atoms with Gasteiger partial charge in [0.2, 0.25) is 11.4 Å². The Morgan fingerprint density at radius 1 is 0.538 bits per heavy atom. The average Bonchev–Trinajstić information content (AvgIpc) is 2.87. The van der Waals surface area contributed by atoms with Gasteiger partial charge in [-0.05, 0) is 99.7 Å². The monoisotopic (exact) mass is 511 g/mol. The summed E-state index contributed by atoms with van der Waals surface area (Å²) < 4.78 is 0. The van der Waals surface area contributed by atoms with Crippen LogP contribution in [-0.2, 0) is 0 Å². The lowest BCUT2D eigenvalue weighted by Crippen LogP contribution is -2.66. The molecule has 2 N–H and O–H groups in total. The van der Waals surface area contributed by atoms with E-state index in [0.29, 0.717) is 0 Å². The predicted molar refractivity (Wildman–Crippen MR) is 169 cm³/mol. The van der Waals surface area contributed by atoms with Crippen LogP contribution in [0, 0.1) is 41.5 Å². The van der Waals surface area contributed by atoms with Crippen molar-refractivity contribution in [2.75, 3.05) is 5.32 Å². The van der Waals surface area contributed by atoms with E-state index >= 15 is 0 Å². The van der Waals surface area contributed by atoms with Gasteiger partial charge in [0.1, 0.15) is 0 Å². The molecule has 2 heteroatoms. The quantitative estimate of drug-likeness (QED) is 0.182. The van der Waals surface area contributed by atoms with Crippen molar-refractivity contribution in [3.63, 3.8) is 0 Å². The Bertz CT molecular complexity index is 1510. The smallest absolute Gasteiger partial charge is 0.211 e. The van der Waals surface area contributed by atoms with Gasteiger partial charge in [0.25, 0.3) is 0 Å². The second-order valence-corrected chi connectivity index (χ2v) is 10.5. The Hall–Kier alpha value is -4.43. The molecule has 4 aromatic rings. The van der Waals surface area contributed by atoms with Crippen molar-refractivity contribution < 1.29 is 4.99 Å². The van der Waals surface area contributed by atoms with Crippen LogP contribution in [0.2, 0.25) is 0 Å². The summed E-state index contributed by atoms with van der Waals surface area (Å²) in [6.07, 6.45) is 10.5. The lowest BCUT2D eigenvalue weighted by atomic mass is 10.1. The van der Waals surface area contributed by atoms with Crippen molar-refractivity contribution in [3.8, 4) is 0 Å². The molecule has 0 aromatic heterocycles. The van der Waals surface area contributed by atoms with E-state index in [1.54, 1.807) is 0 Å². The van der Waals surface area contributed by atoms with Crippen LogP contribution in [0.1, 0.15) is 44.5 Å². The molecule has 0 atom stereocenters. The Balaban J connectivity index is 1.63. The molecule has 0 unspecified atom stereocenters. The SMILES string of the molecule is Cc1ccc(C(/C=C/C=C/C=C(\Nc2cc(C)cc(C)c2)c2ccc(C)cc2)=[NH+]c2cc(C)cc(C)c2)cc1. The van der Waals surface area contributed by atoms with Crippen molar-refractivity contribution in [2.24, 2.45) is 0 Å². The van der Waals surface area contributed by atoms with Crippen molar-refractivity contribution in [2.45, 2.75) is 41.5 Å².